The minimum atomic E-state index is -0.340. The molecule has 5 aromatic rings. The van der Waals surface area contributed by atoms with Crippen molar-refractivity contribution in [1.29, 1.82) is 0 Å². The number of anilines is 5. The molecule has 0 radical (unpaired) electrons. The van der Waals surface area contributed by atoms with Gasteiger partial charge in [0.25, 0.3) is 5.56 Å². The van der Waals surface area contributed by atoms with Crippen LogP contribution in [0.15, 0.2) is 41.5 Å². The number of carbonyl (C=O) groups excluding carboxylic acids is 3. The van der Waals surface area contributed by atoms with Crippen molar-refractivity contribution in [3.05, 3.63) is 63.2 Å². The fourth-order valence-electron chi connectivity index (χ4n) is 9.26. The lowest BCUT2D eigenvalue weighted by Gasteiger charge is -2.43. The summed E-state index contributed by atoms with van der Waals surface area (Å²) in [6.45, 7) is 9.19. The number of piperazine rings is 1. The molecule has 310 valence electrons. The standard InChI is InChI=1S/C42H51ClN12O4/c1-26-31-24-45-42(48-39(31)55(29-7-5-6-8-29)41(59)36(26)27(2)57)47-34-12-9-30(23-44-34)52-17-13-28(14-18-52)53-19-21-54(22-20-53)33-11-10-32(43)37-38(33)51(4)49-40(37)50(3)16-15-35(58)46-25-56/h9-12,23-25,28-29H,5-8,13-22H2,1-4H3,(H,46,56,58)(H,44,45,47,48). The van der Waals surface area contributed by atoms with Gasteiger partial charge in [-0.3, -0.25) is 38.6 Å². The second-order valence-electron chi connectivity index (χ2n) is 16.0. The number of fused-ring (bicyclic) bond motifs is 2. The van der Waals surface area contributed by atoms with Crippen LogP contribution in [0, 0.1) is 6.92 Å². The summed E-state index contributed by atoms with van der Waals surface area (Å²) in [7, 11) is 3.80. The Morgan fingerprint density at radius 3 is 2.37 bits per heavy atom. The molecule has 0 spiro atoms. The number of rotatable bonds is 12. The van der Waals surface area contributed by atoms with Gasteiger partial charge in [-0.2, -0.15) is 10.1 Å². The Labute approximate surface area is 347 Å². The van der Waals surface area contributed by atoms with Crippen LogP contribution in [0.4, 0.5) is 29.0 Å². The highest BCUT2D eigenvalue weighted by Crippen LogP contribution is 2.39. The van der Waals surface area contributed by atoms with Gasteiger partial charge in [-0.05, 0) is 69.4 Å². The fourth-order valence-corrected chi connectivity index (χ4v) is 9.50. The van der Waals surface area contributed by atoms with E-state index in [0.29, 0.717) is 58.2 Å². The lowest BCUT2D eigenvalue weighted by molar-refractivity contribution is -0.125. The quantitative estimate of drug-likeness (QED) is 0.128. The van der Waals surface area contributed by atoms with E-state index in [0.717, 1.165) is 100 Å². The largest absolute Gasteiger partial charge is 0.370 e. The van der Waals surface area contributed by atoms with Crippen LogP contribution in [-0.2, 0) is 16.6 Å². The summed E-state index contributed by atoms with van der Waals surface area (Å²) in [5.41, 5.74) is 4.24. The molecule has 6 heterocycles. The molecule has 8 rings (SSSR count). The van der Waals surface area contributed by atoms with Crippen molar-refractivity contribution >= 4 is 80.6 Å². The molecule has 16 nitrogen and oxygen atoms in total. The van der Waals surface area contributed by atoms with Gasteiger partial charge in [-0.1, -0.05) is 24.4 Å². The third kappa shape index (κ3) is 7.95. The molecule has 2 N–H and O–H groups in total. The summed E-state index contributed by atoms with van der Waals surface area (Å²) in [5, 5.41) is 12.4. The molecule has 3 fully saturated rings. The molecule has 17 heteroatoms. The van der Waals surface area contributed by atoms with Gasteiger partial charge in [0.05, 0.1) is 39.1 Å². The number of hydrogen-bond acceptors (Lipinski definition) is 13. The Balaban J connectivity index is 0.879. The van der Waals surface area contributed by atoms with Crippen LogP contribution in [-0.4, -0.2) is 111 Å². The highest BCUT2D eigenvalue weighted by atomic mass is 35.5. The number of pyridine rings is 2. The van der Waals surface area contributed by atoms with Crippen LogP contribution >= 0.6 is 11.6 Å². The van der Waals surface area contributed by atoms with Gasteiger partial charge in [0.15, 0.2) is 11.6 Å². The van der Waals surface area contributed by atoms with E-state index < -0.39 is 0 Å². The van der Waals surface area contributed by atoms with Crippen molar-refractivity contribution in [1.82, 2.24) is 39.5 Å². The number of nitrogens with one attached hydrogen (secondary N) is 2. The molecule has 2 saturated heterocycles. The number of halogens is 1. The minimum Gasteiger partial charge on any atom is -0.370 e. The van der Waals surface area contributed by atoms with Gasteiger partial charge < -0.3 is 20.0 Å². The Morgan fingerprint density at radius 1 is 0.949 bits per heavy atom. The molecule has 3 aliphatic rings. The number of nitrogens with zero attached hydrogens (tertiary/aromatic N) is 10. The molecule has 2 aliphatic heterocycles. The lowest BCUT2D eigenvalue weighted by atomic mass is 10.0. The maximum absolute atomic E-state index is 13.6. The number of ketones is 1. The van der Waals surface area contributed by atoms with E-state index in [4.69, 9.17) is 26.7 Å². The van der Waals surface area contributed by atoms with E-state index in [2.05, 4.69) is 42.5 Å². The third-order valence-electron chi connectivity index (χ3n) is 12.4. The number of benzene rings is 1. The SMILES string of the molecule is CC(=O)c1c(C)c2cnc(Nc3ccc(N4CCC(N5CCN(c6ccc(Cl)c7c(N(C)CCC(=O)NC=O)nn(C)c67)CC5)CC4)cn3)nc2n(C2CCCC2)c1=O. The van der Waals surface area contributed by atoms with Crippen molar-refractivity contribution in [2.45, 2.75) is 70.9 Å². The molecule has 1 saturated carbocycles. The zero-order chi connectivity index (χ0) is 41.4. The third-order valence-corrected chi connectivity index (χ3v) is 12.7. The van der Waals surface area contributed by atoms with Crippen LogP contribution in [0.5, 0.6) is 0 Å². The molecule has 4 aromatic heterocycles. The van der Waals surface area contributed by atoms with Gasteiger partial charge in [0, 0.05) is 90.0 Å². The number of Topliss-reactive ketones (excluding diaryl/α,β-unsaturated/α-hetero) is 1. The average molecular weight is 823 g/mol. The molecule has 0 atom stereocenters. The second kappa shape index (κ2) is 16.9. The number of aromatic nitrogens is 6. The van der Waals surface area contributed by atoms with E-state index in [1.54, 1.807) is 17.7 Å². The molecule has 1 aromatic carbocycles. The Bertz CT molecular complexity index is 2450. The number of carbonyl (C=O) groups is 3. The highest BCUT2D eigenvalue weighted by Gasteiger charge is 2.30. The zero-order valence-electron chi connectivity index (χ0n) is 34.1. The fraction of sp³-hybridized carbons (Fsp3) is 0.476. The molecular formula is C42H51ClN12O4. The van der Waals surface area contributed by atoms with Gasteiger partial charge >= 0.3 is 0 Å². The minimum absolute atomic E-state index is 0.0130. The maximum atomic E-state index is 13.6. The number of aryl methyl sites for hydroxylation is 2. The topological polar surface area (TPSA) is 167 Å². The van der Waals surface area contributed by atoms with Crippen LogP contribution in [0.25, 0.3) is 21.9 Å². The molecule has 59 heavy (non-hydrogen) atoms. The zero-order valence-corrected chi connectivity index (χ0v) is 34.8. The van der Waals surface area contributed by atoms with Gasteiger partial charge in [-0.15, -0.1) is 0 Å². The van der Waals surface area contributed by atoms with Gasteiger partial charge in [0.1, 0.15) is 11.5 Å². The average Bonchev–Trinajstić information content (AvgIpc) is 3.90. The number of imide groups is 1. The predicted octanol–water partition coefficient (Wildman–Crippen LogP) is 4.99. The van der Waals surface area contributed by atoms with E-state index >= 15 is 0 Å². The first-order chi connectivity index (χ1) is 28.5. The van der Waals surface area contributed by atoms with Crippen molar-refractivity contribution < 1.29 is 14.4 Å². The van der Waals surface area contributed by atoms with Crippen LogP contribution in [0.3, 0.4) is 0 Å². The van der Waals surface area contributed by atoms with E-state index in [-0.39, 0.29) is 35.3 Å². The smallest absolute Gasteiger partial charge is 0.263 e. The first kappa shape index (κ1) is 40.2. The van der Waals surface area contributed by atoms with Crippen molar-refractivity contribution in [3.63, 3.8) is 0 Å². The van der Waals surface area contributed by atoms with E-state index in [1.807, 2.05) is 42.0 Å². The Hall–Kier alpha value is -5.61. The van der Waals surface area contributed by atoms with Crippen LogP contribution in [0.1, 0.15) is 73.8 Å². The molecule has 1 aliphatic carbocycles. The first-order valence-electron chi connectivity index (χ1n) is 20.5. The summed E-state index contributed by atoms with van der Waals surface area (Å²) < 4.78 is 3.59. The molecule has 0 unspecified atom stereocenters. The second-order valence-corrected chi connectivity index (χ2v) is 16.4. The molecular weight excluding hydrogens is 772 g/mol. The van der Waals surface area contributed by atoms with Gasteiger partial charge in [0.2, 0.25) is 18.3 Å². The van der Waals surface area contributed by atoms with Crippen molar-refractivity contribution in [2.75, 3.05) is 72.9 Å². The predicted molar refractivity (Wildman–Crippen MR) is 230 cm³/mol. The van der Waals surface area contributed by atoms with Crippen LogP contribution < -0.4 is 30.9 Å². The summed E-state index contributed by atoms with van der Waals surface area (Å²) >= 11 is 6.76. The molecule has 0 bridgehead atoms. The normalized spacial score (nSPS) is 16.9. The van der Waals surface area contributed by atoms with Gasteiger partial charge in [-0.25, -0.2) is 9.97 Å². The van der Waals surface area contributed by atoms with E-state index in [1.165, 1.54) is 6.92 Å². The monoisotopic (exact) mass is 822 g/mol. The summed E-state index contributed by atoms with van der Waals surface area (Å²) in [6, 6.07) is 8.53. The Morgan fingerprint density at radius 2 is 1.69 bits per heavy atom. The number of hydrogen-bond donors (Lipinski definition) is 2. The van der Waals surface area contributed by atoms with Crippen molar-refractivity contribution in [2.24, 2.45) is 7.05 Å². The van der Waals surface area contributed by atoms with E-state index in [9.17, 15) is 19.2 Å². The Kier molecular flexibility index (Phi) is 11.5. The molecule has 2 amide bonds. The first-order valence-corrected chi connectivity index (χ1v) is 20.9. The summed E-state index contributed by atoms with van der Waals surface area (Å²) in [5.74, 6) is 1.09. The lowest BCUT2D eigenvalue weighted by Crippen LogP contribution is -2.53. The highest BCUT2D eigenvalue weighted by molar-refractivity contribution is 6.37. The summed E-state index contributed by atoms with van der Waals surface area (Å²) in [6.07, 6.45) is 10.1. The maximum Gasteiger partial charge on any atom is 0.263 e. The summed E-state index contributed by atoms with van der Waals surface area (Å²) in [4.78, 5) is 72.0. The van der Waals surface area contributed by atoms with Crippen molar-refractivity contribution in [3.8, 4) is 0 Å². The van der Waals surface area contributed by atoms with Crippen LogP contribution in [0.2, 0.25) is 5.02 Å². The number of piperidine rings is 1. The number of amides is 2.